The minimum absolute atomic E-state index is 0.0164. The van der Waals surface area contributed by atoms with Crippen molar-refractivity contribution in [2.45, 2.75) is 43.7 Å². The molecule has 0 unspecified atom stereocenters. The summed E-state index contributed by atoms with van der Waals surface area (Å²) in [5, 5.41) is 6.03. The first kappa shape index (κ1) is 19.7. The highest BCUT2D eigenvalue weighted by molar-refractivity contribution is 5.91. The molecule has 0 radical (unpaired) electrons. The smallest absolute Gasteiger partial charge is 0.409 e. The van der Waals surface area contributed by atoms with Gasteiger partial charge in [-0.3, -0.25) is 14.5 Å². The van der Waals surface area contributed by atoms with Crippen LogP contribution in [0.1, 0.15) is 42.7 Å². The molecule has 3 amide bonds. The number of hydrogen-bond acceptors (Lipinski definition) is 6. The van der Waals surface area contributed by atoms with E-state index in [-0.39, 0.29) is 29.8 Å². The van der Waals surface area contributed by atoms with Gasteiger partial charge < -0.3 is 25.3 Å². The second-order valence-electron chi connectivity index (χ2n) is 7.96. The lowest BCUT2D eigenvalue weighted by Crippen LogP contribution is -2.58. The normalized spacial score (nSPS) is 27.2. The first-order valence-electron chi connectivity index (χ1n) is 10.3. The predicted octanol–water partition coefficient (Wildman–Crippen LogP) is 0.0950. The van der Waals surface area contributed by atoms with E-state index in [1.165, 1.54) is 0 Å². The number of amides is 3. The Balaban J connectivity index is 1.35. The first-order chi connectivity index (χ1) is 14.1. The number of ether oxygens (including phenoxy) is 1. The van der Waals surface area contributed by atoms with Gasteiger partial charge in [0.2, 0.25) is 5.91 Å². The van der Waals surface area contributed by atoms with Crippen molar-refractivity contribution in [3.63, 3.8) is 0 Å². The maximum Gasteiger partial charge on any atom is 0.409 e. The van der Waals surface area contributed by atoms with E-state index in [0.717, 1.165) is 32.2 Å². The molecule has 158 valence electrons. The van der Waals surface area contributed by atoms with Crippen molar-refractivity contribution in [2.24, 2.45) is 0 Å². The van der Waals surface area contributed by atoms with E-state index in [1.807, 2.05) is 0 Å². The average molecular weight is 404 g/mol. The molecule has 2 atom stereocenters. The zero-order valence-corrected chi connectivity index (χ0v) is 16.5. The number of cyclic esters (lactones) is 1. The van der Waals surface area contributed by atoms with Crippen LogP contribution in [0.2, 0.25) is 0 Å². The molecule has 29 heavy (non-hydrogen) atoms. The molecule has 0 aromatic carbocycles. The lowest BCUT2D eigenvalue weighted by atomic mass is 9.84. The number of H-pyrrole nitrogens is 1. The van der Waals surface area contributed by atoms with E-state index in [0.29, 0.717) is 39.2 Å². The molecule has 4 rings (SSSR count). The van der Waals surface area contributed by atoms with E-state index in [9.17, 15) is 14.4 Å². The van der Waals surface area contributed by atoms with Crippen LogP contribution < -0.4 is 10.6 Å². The van der Waals surface area contributed by atoms with Gasteiger partial charge >= 0.3 is 6.09 Å². The second kappa shape index (κ2) is 8.40. The first-order valence-corrected chi connectivity index (χ1v) is 10.3. The Hall–Kier alpha value is -2.62. The maximum absolute atomic E-state index is 13.2. The van der Waals surface area contributed by atoms with E-state index < -0.39 is 5.54 Å². The Morgan fingerprint density at radius 2 is 2.21 bits per heavy atom. The topological polar surface area (TPSA) is 120 Å². The summed E-state index contributed by atoms with van der Waals surface area (Å²) in [6.45, 7) is 3.46. The highest BCUT2D eigenvalue weighted by Gasteiger charge is 2.52. The molecule has 10 nitrogen and oxygen atoms in total. The third kappa shape index (κ3) is 4.07. The van der Waals surface area contributed by atoms with Crippen molar-refractivity contribution in [3.05, 3.63) is 18.2 Å². The molecule has 3 saturated heterocycles. The third-order valence-corrected chi connectivity index (χ3v) is 6.09. The number of hydrogen-bond donors (Lipinski definition) is 3. The largest absolute Gasteiger partial charge is 0.449 e. The summed E-state index contributed by atoms with van der Waals surface area (Å²) in [5.41, 5.74) is -0.595. The lowest BCUT2D eigenvalue weighted by molar-refractivity contribution is -0.133. The number of imidazole rings is 1. The van der Waals surface area contributed by atoms with Gasteiger partial charge in [-0.1, -0.05) is 0 Å². The molecule has 3 aliphatic rings. The van der Waals surface area contributed by atoms with Crippen molar-refractivity contribution < 1.29 is 19.1 Å². The SMILES string of the molecule is O=C(N[C@@H]1CN2CCCC[C@@]2(C(=O)NCCN2CCCOC2=O)C1)c1ncc[nH]1. The number of carbonyl (C=O) groups is 3. The van der Waals surface area contributed by atoms with Crippen LogP contribution in [0.5, 0.6) is 0 Å². The summed E-state index contributed by atoms with van der Waals surface area (Å²) < 4.78 is 5.03. The van der Waals surface area contributed by atoms with Gasteiger partial charge in [-0.05, 0) is 38.6 Å². The Morgan fingerprint density at radius 3 is 3.00 bits per heavy atom. The number of nitrogens with zero attached hydrogens (tertiary/aromatic N) is 3. The number of piperidine rings is 1. The Morgan fingerprint density at radius 1 is 1.31 bits per heavy atom. The van der Waals surface area contributed by atoms with Gasteiger partial charge in [0.25, 0.3) is 5.91 Å². The van der Waals surface area contributed by atoms with Crippen molar-refractivity contribution in [3.8, 4) is 0 Å². The Kier molecular flexibility index (Phi) is 5.70. The number of nitrogens with one attached hydrogen (secondary N) is 3. The summed E-state index contributed by atoms with van der Waals surface area (Å²) >= 11 is 0. The number of carbonyl (C=O) groups excluding carboxylic acids is 3. The Labute approximate surface area is 169 Å². The van der Waals surface area contributed by atoms with Crippen LogP contribution in [0.4, 0.5) is 4.79 Å². The van der Waals surface area contributed by atoms with Crippen LogP contribution >= 0.6 is 0 Å². The molecule has 3 fully saturated rings. The monoisotopic (exact) mass is 404 g/mol. The molecule has 1 aromatic rings. The maximum atomic E-state index is 13.2. The van der Waals surface area contributed by atoms with E-state index in [1.54, 1.807) is 17.3 Å². The van der Waals surface area contributed by atoms with Crippen LogP contribution in [0.3, 0.4) is 0 Å². The van der Waals surface area contributed by atoms with Crippen molar-refractivity contribution in [1.29, 1.82) is 0 Å². The molecule has 0 bridgehead atoms. The predicted molar refractivity (Wildman–Crippen MR) is 103 cm³/mol. The molecule has 0 spiro atoms. The van der Waals surface area contributed by atoms with Crippen molar-refractivity contribution in [2.75, 3.05) is 39.3 Å². The molecule has 4 heterocycles. The minimum atomic E-state index is -0.595. The van der Waals surface area contributed by atoms with E-state index in [2.05, 4.69) is 25.5 Å². The second-order valence-corrected chi connectivity index (χ2v) is 7.96. The molecule has 0 saturated carbocycles. The lowest BCUT2D eigenvalue weighted by Gasteiger charge is -2.40. The van der Waals surface area contributed by atoms with E-state index in [4.69, 9.17) is 4.74 Å². The minimum Gasteiger partial charge on any atom is -0.449 e. The van der Waals surface area contributed by atoms with Gasteiger partial charge in [0.15, 0.2) is 5.82 Å². The van der Waals surface area contributed by atoms with Gasteiger partial charge in [0, 0.05) is 44.6 Å². The van der Waals surface area contributed by atoms with Crippen LogP contribution in [0.15, 0.2) is 12.4 Å². The fourth-order valence-corrected chi connectivity index (χ4v) is 4.69. The average Bonchev–Trinajstić information content (AvgIpc) is 3.37. The molecule has 3 aliphatic heterocycles. The highest BCUT2D eigenvalue weighted by Crippen LogP contribution is 2.38. The van der Waals surface area contributed by atoms with Gasteiger partial charge in [-0.2, -0.15) is 0 Å². The van der Waals surface area contributed by atoms with Gasteiger partial charge in [-0.25, -0.2) is 9.78 Å². The summed E-state index contributed by atoms with van der Waals surface area (Å²) in [6.07, 6.45) is 7.04. The molecular formula is C19H28N6O4. The van der Waals surface area contributed by atoms with Crippen LogP contribution in [-0.2, 0) is 9.53 Å². The third-order valence-electron chi connectivity index (χ3n) is 6.09. The zero-order valence-electron chi connectivity index (χ0n) is 16.5. The van der Waals surface area contributed by atoms with Crippen LogP contribution in [0, 0.1) is 0 Å². The summed E-state index contributed by atoms with van der Waals surface area (Å²) in [7, 11) is 0. The van der Waals surface area contributed by atoms with E-state index >= 15 is 0 Å². The zero-order chi connectivity index (χ0) is 20.3. The fraction of sp³-hybridized carbons (Fsp3) is 0.684. The van der Waals surface area contributed by atoms with Gasteiger partial charge in [-0.15, -0.1) is 0 Å². The molecule has 0 aliphatic carbocycles. The summed E-state index contributed by atoms with van der Waals surface area (Å²) in [4.78, 5) is 47.9. The fourth-order valence-electron chi connectivity index (χ4n) is 4.69. The number of rotatable bonds is 6. The molecule has 10 heteroatoms. The van der Waals surface area contributed by atoms with Gasteiger partial charge in [0.1, 0.15) is 5.54 Å². The summed E-state index contributed by atoms with van der Waals surface area (Å²) in [5.74, 6) is 0.0122. The van der Waals surface area contributed by atoms with Crippen LogP contribution in [0.25, 0.3) is 0 Å². The number of fused-ring (bicyclic) bond motifs is 1. The number of aromatic amines is 1. The quantitative estimate of drug-likeness (QED) is 0.618. The standard InChI is InChI=1S/C19H28N6O4/c26-16(15-20-5-6-21-15)23-14-12-19(4-1-2-9-25(19)13-14)17(27)22-7-10-24-8-3-11-29-18(24)28/h5-6,14H,1-4,7-13H2,(H,20,21)(H,22,27)(H,23,26)/t14-,19-/m0/s1. The highest BCUT2D eigenvalue weighted by atomic mass is 16.6. The molecule has 1 aromatic heterocycles. The molecular weight excluding hydrogens is 376 g/mol. The van der Waals surface area contributed by atoms with Crippen molar-refractivity contribution >= 4 is 17.9 Å². The van der Waals surface area contributed by atoms with Crippen LogP contribution in [-0.4, -0.2) is 88.6 Å². The summed E-state index contributed by atoms with van der Waals surface area (Å²) in [6, 6.07) is -0.103. The number of aromatic nitrogens is 2. The van der Waals surface area contributed by atoms with Gasteiger partial charge in [0.05, 0.1) is 6.61 Å². The molecule has 3 N–H and O–H groups in total. The van der Waals surface area contributed by atoms with Crippen molar-refractivity contribution in [1.82, 2.24) is 30.4 Å². The Bertz CT molecular complexity index is 754.